The molecule has 0 saturated heterocycles. The number of amides is 1. The molecular weight excluding hydrogens is 236 g/mol. The molecule has 1 N–H and O–H groups in total. The van der Waals surface area contributed by atoms with E-state index in [1.165, 1.54) is 12.8 Å². The molecule has 1 aromatic rings. The summed E-state index contributed by atoms with van der Waals surface area (Å²) in [5.41, 5.74) is 4.41. The lowest BCUT2D eigenvalue weighted by atomic mass is 9.95. The van der Waals surface area contributed by atoms with Crippen molar-refractivity contribution in [3.63, 3.8) is 0 Å². The average Bonchev–Trinajstić information content (AvgIpc) is 3.02. The first-order chi connectivity index (χ1) is 9.22. The largest absolute Gasteiger partial charge is 0.271 e. The maximum absolute atomic E-state index is 11.9. The van der Waals surface area contributed by atoms with Crippen LogP contribution < -0.4 is 5.43 Å². The minimum absolute atomic E-state index is 0.144. The number of benzene rings is 1. The number of carbonyl (C=O) groups excluding carboxylic acids is 1. The van der Waals surface area contributed by atoms with Crippen LogP contribution in [0.25, 0.3) is 0 Å². The third kappa shape index (κ3) is 2.60. The molecule has 2 aliphatic rings. The van der Waals surface area contributed by atoms with Crippen molar-refractivity contribution < 1.29 is 4.79 Å². The van der Waals surface area contributed by atoms with Gasteiger partial charge in [0.25, 0.3) is 5.91 Å². The summed E-state index contributed by atoms with van der Waals surface area (Å²) in [6, 6.07) is 7.50. The number of carbonyl (C=O) groups is 1. The standard InChI is InChI=1S/C16H18N2O/c1-11-2-5-13(6-3-11)16(19)18-17-10-15-9-12-4-7-14(15)8-12/h2-7,10,12,14-15H,8-9H2,1H3,(H,18,19). The fourth-order valence-electron chi connectivity index (χ4n) is 2.96. The van der Waals surface area contributed by atoms with Gasteiger partial charge >= 0.3 is 0 Å². The van der Waals surface area contributed by atoms with Crippen LogP contribution in [0.1, 0.15) is 28.8 Å². The van der Waals surface area contributed by atoms with Gasteiger partial charge in [-0.3, -0.25) is 4.79 Å². The number of nitrogens with zero attached hydrogens (tertiary/aromatic N) is 1. The molecule has 1 fully saturated rings. The highest BCUT2D eigenvalue weighted by molar-refractivity contribution is 5.94. The fourth-order valence-corrected chi connectivity index (χ4v) is 2.96. The Bertz CT molecular complexity index is 530. The zero-order valence-corrected chi connectivity index (χ0v) is 11.0. The quantitative estimate of drug-likeness (QED) is 0.503. The molecule has 0 radical (unpaired) electrons. The molecule has 3 rings (SSSR count). The number of hydrogen-bond acceptors (Lipinski definition) is 2. The van der Waals surface area contributed by atoms with Crippen molar-refractivity contribution in [1.29, 1.82) is 0 Å². The van der Waals surface area contributed by atoms with Crippen LogP contribution >= 0.6 is 0 Å². The molecule has 3 unspecified atom stereocenters. The number of aryl methyl sites for hydroxylation is 1. The minimum atomic E-state index is -0.144. The van der Waals surface area contributed by atoms with E-state index in [2.05, 4.69) is 22.7 Å². The average molecular weight is 254 g/mol. The molecule has 1 aromatic carbocycles. The van der Waals surface area contributed by atoms with Crippen LogP contribution in [0, 0.1) is 24.7 Å². The second-order valence-corrected chi connectivity index (χ2v) is 5.53. The number of fused-ring (bicyclic) bond motifs is 2. The topological polar surface area (TPSA) is 41.5 Å². The van der Waals surface area contributed by atoms with E-state index in [1.807, 2.05) is 37.4 Å². The Labute approximate surface area is 113 Å². The van der Waals surface area contributed by atoms with Crippen molar-refractivity contribution in [3.05, 3.63) is 47.5 Å². The van der Waals surface area contributed by atoms with Gasteiger partial charge in [-0.15, -0.1) is 0 Å². The van der Waals surface area contributed by atoms with Gasteiger partial charge in [-0.1, -0.05) is 29.8 Å². The summed E-state index contributed by atoms with van der Waals surface area (Å²) < 4.78 is 0. The summed E-state index contributed by atoms with van der Waals surface area (Å²) in [7, 11) is 0. The first-order valence-electron chi connectivity index (χ1n) is 6.81. The molecule has 98 valence electrons. The van der Waals surface area contributed by atoms with Crippen molar-refractivity contribution in [2.24, 2.45) is 22.9 Å². The van der Waals surface area contributed by atoms with E-state index >= 15 is 0 Å². The van der Waals surface area contributed by atoms with Gasteiger partial charge in [0.2, 0.25) is 0 Å². The highest BCUT2D eigenvalue weighted by Crippen LogP contribution is 2.42. The smallest absolute Gasteiger partial charge is 0.267 e. The van der Waals surface area contributed by atoms with E-state index in [9.17, 15) is 4.79 Å². The van der Waals surface area contributed by atoms with Crippen LogP contribution in [0.3, 0.4) is 0 Å². The van der Waals surface area contributed by atoms with Crippen LogP contribution in [-0.4, -0.2) is 12.1 Å². The van der Waals surface area contributed by atoms with E-state index < -0.39 is 0 Å². The number of rotatable bonds is 3. The molecule has 3 nitrogen and oxygen atoms in total. The predicted octanol–water partition coefficient (Wildman–Crippen LogP) is 2.92. The second kappa shape index (κ2) is 5.00. The van der Waals surface area contributed by atoms with Gasteiger partial charge in [0, 0.05) is 17.7 Å². The lowest BCUT2D eigenvalue weighted by molar-refractivity contribution is 0.0955. The monoisotopic (exact) mass is 254 g/mol. The van der Waals surface area contributed by atoms with Crippen LogP contribution in [-0.2, 0) is 0 Å². The van der Waals surface area contributed by atoms with Gasteiger partial charge in [-0.2, -0.15) is 5.10 Å². The molecule has 0 aliphatic heterocycles. The van der Waals surface area contributed by atoms with Crippen LogP contribution in [0.5, 0.6) is 0 Å². The highest BCUT2D eigenvalue weighted by Gasteiger charge is 2.34. The van der Waals surface area contributed by atoms with Crippen molar-refractivity contribution in [2.45, 2.75) is 19.8 Å². The molecule has 0 aromatic heterocycles. The van der Waals surface area contributed by atoms with Gasteiger partial charge < -0.3 is 0 Å². The fraction of sp³-hybridized carbons (Fsp3) is 0.375. The summed E-state index contributed by atoms with van der Waals surface area (Å²) in [5.74, 6) is 1.71. The molecule has 2 aliphatic carbocycles. The molecule has 0 spiro atoms. The summed E-state index contributed by atoms with van der Waals surface area (Å²) in [4.78, 5) is 11.9. The maximum atomic E-state index is 11.9. The normalized spacial score (nSPS) is 28.2. The van der Waals surface area contributed by atoms with Crippen molar-refractivity contribution >= 4 is 12.1 Å². The molecule has 3 heteroatoms. The molecule has 2 bridgehead atoms. The number of hydrazone groups is 1. The zero-order valence-electron chi connectivity index (χ0n) is 11.0. The number of nitrogens with one attached hydrogen (secondary N) is 1. The summed E-state index contributed by atoms with van der Waals surface area (Å²) >= 11 is 0. The Hall–Kier alpha value is -1.90. The van der Waals surface area contributed by atoms with E-state index in [0.29, 0.717) is 17.4 Å². The van der Waals surface area contributed by atoms with Crippen LogP contribution in [0.15, 0.2) is 41.5 Å². The third-order valence-corrected chi connectivity index (χ3v) is 4.08. The van der Waals surface area contributed by atoms with E-state index in [0.717, 1.165) is 11.5 Å². The van der Waals surface area contributed by atoms with Crippen LogP contribution in [0.2, 0.25) is 0 Å². The SMILES string of the molecule is Cc1ccc(C(=O)NN=CC2CC3C=CC2C3)cc1. The molecule has 1 amide bonds. The molecule has 0 heterocycles. The molecule has 19 heavy (non-hydrogen) atoms. The van der Waals surface area contributed by atoms with Crippen molar-refractivity contribution in [1.82, 2.24) is 5.43 Å². The van der Waals surface area contributed by atoms with Crippen molar-refractivity contribution in [3.8, 4) is 0 Å². The highest BCUT2D eigenvalue weighted by atomic mass is 16.2. The Morgan fingerprint density at radius 2 is 2.05 bits per heavy atom. The van der Waals surface area contributed by atoms with Gasteiger partial charge in [0.05, 0.1) is 0 Å². The summed E-state index contributed by atoms with van der Waals surface area (Å²) in [5, 5.41) is 4.11. The lowest BCUT2D eigenvalue weighted by Gasteiger charge is -2.11. The Kier molecular flexibility index (Phi) is 3.20. The Morgan fingerprint density at radius 3 is 2.68 bits per heavy atom. The predicted molar refractivity (Wildman–Crippen MR) is 76.0 cm³/mol. The van der Waals surface area contributed by atoms with E-state index in [-0.39, 0.29) is 5.91 Å². The molecule has 3 atom stereocenters. The first kappa shape index (κ1) is 12.2. The van der Waals surface area contributed by atoms with Gasteiger partial charge in [0.1, 0.15) is 0 Å². The van der Waals surface area contributed by atoms with Gasteiger partial charge in [0.15, 0.2) is 0 Å². The van der Waals surface area contributed by atoms with Gasteiger partial charge in [-0.05, 0) is 43.7 Å². The molecule has 1 saturated carbocycles. The number of allylic oxidation sites excluding steroid dienone is 2. The third-order valence-electron chi connectivity index (χ3n) is 4.08. The Morgan fingerprint density at radius 1 is 1.26 bits per heavy atom. The van der Waals surface area contributed by atoms with Crippen molar-refractivity contribution in [2.75, 3.05) is 0 Å². The van der Waals surface area contributed by atoms with E-state index in [1.54, 1.807) is 0 Å². The summed E-state index contributed by atoms with van der Waals surface area (Å²) in [6.07, 6.45) is 8.92. The minimum Gasteiger partial charge on any atom is -0.267 e. The number of hydrogen-bond donors (Lipinski definition) is 1. The van der Waals surface area contributed by atoms with Crippen LogP contribution in [0.4, 0.5) is 0 Å². The zero-order chi connectivity index (χ0) is 13.2. The van der Waals surface area contributed by atoms with E-state index in [4.69, 9.17) is 0 Å². The second-order valence-electron chi connectivity index (χ2n) is 5.53. The Balaban J connectivity index is 1.56. The summed E-state index contributed by atoms with van der Waals surface area (Å²) in [6.45, 7) is 2.00. The first-order valence-corrected chi connectivity index (χ1v) is 6.81. The van der Waals surface area contributed by atoms with Gasteiger partial charge in [-0.25, -0.2) is 5.43 Å². The lowest BCUT2D eigenvalue weighted by Crippen LogP contribution is -2.19. The molecular formula is C16H18N2O. The maximum Gasteiger partial charge on any atom is 0.271 e.